The van der Waals surface area contributed by atoms with Gasteiger partial charge in [-0.2, -0.15) is 0 Å². The average molecular weight is 279 g/mol. The van der Waals surface area contributed by atoms with Gasteiger partial charge in [-0.15, -0.1) is 0 Å². The second kappa shape index (κ2) is 4.70. The predicted octanol–water partition coefficient (Wildman–Crippen LogP) is 1.93. The number of aryl methyl sites for hydroxylation is 3. The maximum Gasteiger partial charge on any atom is 0.336 e. The molecule has 3 heteroatoms. The van der Waals surface area contributed by atoms with E-state index in [1.54, 1.807) is 0 Å². The molecule has 0 amide bonds. The third-order valence-electron chi connectivity index (χ3n) is 1.89. The molecule has 0 aromatic heterocycles. The minimum absolute atomic E-state index is 0. The molecule has 1 rings (SSSR count). The van der Waals surface area contributed by atoms with E-state index in [0.29, 0.717) is 5.56 Å². The normalized spacial score (nSPS) is 9.15. The summed E-state index contributed by atoms with van der Waals surface area (Å²) in [5.74, 6) is -0.843. The summed E-state index contributed by atoms with van der Waals surface area (Å²) in [6.07, 6.45) is 0. The van der Waals surface area contributed by atoms with Crippen LogP contribution >= 0.6 is 0 Å². The van der Waals surface area contributed by atoms with Crippen molar-refractivity contribution in [2.45, 2.75) is 20.8 Å². The molecule has 0 saturated heterocycles. The molecule has 0 aliphatic rings. The van der Waals surface area contributed by atoms with E-state index >= 15 is 0 Å². The molecule has 0 heterocycles. The molecule has 0 saturated carbocycles. The molecule has 3 radical (unpaired) electrons. The zero-order valence-corrected chi connectivity index (χ0v) is 11.4. The van der Waals surface area contributed by atoms with Gasteiger partial charge in [0.05, 0.1) is 5.56 Å². The molecule has 0 spiro atoms. The maximum atomic E-state index is 10.8. The fourth-order valence-corrected chi connectivity index (χ4v) is 1.52. The Morgan fingerprint density at radius 1 is 1.15 bits per heavy atom. The monoisotopic (exact) mass is 279 g/mol. The average Bonchev–Trinajstić information content (AvgIpc) is 1.82. The third kappa shape index (κ3) is 2.76. The second-order valence-electron chi connectivity index (χ2n) is 3.08. The van der Waals surface area contributed by atoms with Crippen LogP contribution in [0.2, 0.25) is 0 Å². The van der Waals surface area contributed by atoms with Crippen LogP contribution in [-0.4, -0.2) is 36.9 Å². The van der Waals surface area contributed by atoms with Gasteiger partial charge in [-0.25, -0.2) is 4.79 Å². The fourth-order valence-electron chi connectivity index (χ4n) is 1.52. The van der Waals surface area contributed by atoms with Gasteiger partial charge in [0.1, 0.15) is 0 Å². The SMILES string of the molecule is Cc1cc(C)c(C(=O)O)c(C)c1.[In]. The van der Waals surface area contributed by atoms with Crippen LogP contribution < -0.4 is 0 Å². The Hall–Kier alpha value is -0.440. The first-order chi connectivity index (χ1) is 5.52. The van der Waals surface area contributed by atoms with E-state index in [1.165, 1.54) is 0 Å². The van der Waals surface area contributed by atoms with Gasteiger partial charge < -0.3 is 5.11 Å². The predicted molar refractivity (Wildman–Crippen MR) is 53.4 cm³/mol. The molecule has 0 aliphatic heterocycles. The molecular formula is C10H12InO2. The largest absolute Gasteiger partial charge is 0.478 e. The fraction of sp³-hybridized carbons (Fsp3) is 0.300. The first-order valence-corrected chi connectivity index (χ1v) is 3.83. The zero-order chi connectivity index (χ0) is 9.30. The van der Waals surface area contributed by atoms with Gasteiger partial charge in [0.15, 0.2) is 0 Å². The Morgan fingerprint density at radius 2 is 1.54 bits per heavy atom. The Morgan fingerprint density at radius 3 is 1.85 bits per heavy atom. The Kier molecular flexibility index (Phi) is 4.54. The van der Waals surface area contributed by atoms with E-state index in [4.69, 9.17) is 5.11 Å². The number of hydrogen-bond donors (Lipinski definition) is 1. The van der Waals surface area contributed by atoms with Crippen molar-refractivity contribution in [1.29, 1.82) is 0 Å². The summed E-state index contributed by atoms with van der Waals surface area (Å²) in [5.41, 5.74) is 3.20. The van der Waals surface area contributed by atoms with Crippen molar-refractivity contribution in [2.75, 3.05) is 0 Å². The molecule has 1 aromatic rings. The van der Waals surface area contributed by atoms with Gasteiger partial charge in [-0.3, -0.25) is 0 Å². The number of carbonyl (C=O) groups is 1. The number of rotatable bonds is 1. The van der Waals surface area contributed by atoms with Crippen molar-refractivity contribution in [3.63, 3.8) is 0 Å². The number of carboxylic acid groups (broad SMARTS) is 1. The van der Waals surface area contributed by atoms with E-state index in [1.807, 2.05) is 32.9 Å². The molecule has 1 N–H and O–H groups in total. The van der Waals surface area contributed by atoms with Crippen LogP contribution in [0.4, 0.5) is 0 Å². The minimum atomic E-state index is -0.843. The molecule has 0 aliphatic carbocycles. The Bertz CT molecular complexity index is 309. The van der Waals surface area contributed by atoms with Gasteiger partial charge in [-0.05, 0) is 31.9 Å². The molecule has 1 aromatic carbocycles. The summed E-state index contributed by atoms with van der Waals surface area (Å²) >= 11 is 0. The molecule has 0 fully saturated rings. The molecule has 0 atom stereocenters. The van der Waals surface area contributed by atoms with Crippen LogP contribution in [0.3, 0.4) is 0 Å². The van der Waals surface area contributed by atoms with Crippen LogP contribution in [0, 0.1) is 20.8 Å². The zero-order valence-electron chi connectivity index (χ0n) is 8.09. The molecule has 67 valence electrons. The number of carboxylic acids is 1. The topological polar surface area (TPSA) is 37.3 Å². The third-order valence-corrected chi connectivity index (χ3v) is 1.89. The van der Waals surface area contributed by atoms with Crippen molar-refractivity contribution in [3.05, 3.63) is 34.4 Å². The van der Waals surface area contributed by atoms with Crippen molar-refractivity contribution in [2.24, 2.45) is 0 Å². The van der Waals surface area contributed by atoms with Gasteiger partial charge in [0.25, 0.3) is 0 Å². The van der Waals surface area contributed by atoms with E-state index in [2.05, 4.69) is 0 Å². The summed E-state index contributed by atoms with van der Waals surface area (Å²) in [4.78, 5) is 10.8. The van der Waals surface area contributed by atoms with Crippen LogP contribution in [0.15, 0.2) is 12.1 Å². The summed E-state index contributed by atoms with van der Waals surface area (Å²) in [7, 11) is 0. The maximum absolute atomic E-state index is 10.8. The summed E-state index contributed by atoms with van der Waals surface area (Å²) in [6.45, 7) is 5.61. The standard InChI is InChI=1S/C10H12O2.In/c1-6-4-7(2)9(10(11)12)8(3)5-6;/h4-5H,1-3H3,(H,11,12);. The van der Waals surface area contributed by atoms with Crippen LogP contribution in [-0.2, 0) is 0 Å². The van der Waals surface area contributed by atoms with E-state index in [9.17, 15) is 4.79 Å². The smallest absolute Gasteiger partial charge is 0.336 e. The summed E-state index contributed by atoms with van der Waals surface area (Å²) in [5, 5.41) is 8.84. The van der Waals surface area contributed by atoms with Crippen molar-refractivity contribution < 1.29 is 9.90 Å². The van der Waals surface area contributed by atoms with E-state index < -0.39 is 5.97 Å². The number of benzene rings is 1. The molecule has 0 unspecified atom stereocenters. The Balaban J connectivity index is 0.00000144. The van der Waals surface area contributed by atoms with Crippen molar-refractivity contribution in [1.82, 2.24) is 0 Å². The molecular weight excluding hydrogens is 267 g/mol. The van der Waals surface area contributed by atoms with Gasteiger partial charge in [-0.1, -0.05) is 17.7 Å². The van der Waals surface area contributed by atoms with Gasteiger partial charge >= 0.3 is 5.97 Å². The number of hydrogen-bond acceptors (Lipinski definition) is 1. The minimum Gasteiger partial charge on any atom is -0.478 e. The summed E-state index contributed by atoms with van der Waals surface area (Å²) in [6, 6.07) is 3.77. The van der Waals surface area contributed by atoms with Crippen molar-refractivity contribution in [3.8, 4) is 0 Å². The quantitative estimate of drug-likeness (QED) is 0.852. The first kappa shape index (κ1) is 12.6. The summed E-state index contributed by atoms with van der Waals surface area (Å²) < 4.78 is 0. The molecule has 2 nitrogen and oxygen atoms in total. The van der Waals surface area contributed by atoms with Crippen LogP contribution in [0.25, 0.3) is 0 Å². The van der Waals surface area contributed by atoms with Crippen LogP contribution in [0.1, 0.15) is 27.0 Å². The van der Waals surface area contributed by atoms with Crippen molar-refractivity contribution >= 4 is 31.8 Å². The van der Waals surface area contributed by atoms with Crippen LogP contribution in [0.5, 0.6) is 0 Å². The Labute approximate surface area is 96.8 Å². The van der Waals surface area contributed by atoms with Gasteiger partial charge in [0.2, 0.25) is 0 Å². The van der Waals surface area contributed by atoms with E-state index in [-0.39, 0.29) is 25.8 Å². The second-order valence-corrected chi connectivity index (χ2v) is 3.08. The first-order valence-electron chi connectivity index (χ1n) is 3.83. The van der Waals surface area contributed by atoms with E-state index in [0.717, 1.165) is 16.7 Å². The molecule has 13 heavy (non-hydrogen) atoms. The molecule has 0 bridgehead atoms. The number of aromatic carboxylic acids is 1. The van der Waals surface area contributed by atoms with Gasteiger partial charge in [0, 0.05) is 25.8 Å².